The van der Waals surface area contributed by atoms with Gasteiger partial charge >= 0.3 is 5.97 Å². The molecule has 0 unspecified atom stereocenters. The van der Waals surface area contributed by atoms with Crippen LogP contribution in [0.2, 0.25) is 5.02 Å². The first-order valence-corrected chi connectivity index (χ1v) is 16.8. The smallest absolute Gasteiger partial charge is 0.338 e. The first kappa shape index (κ1) is 32.1. The number of alkyl halides is 2. The minimum absolute atomic E-state index is 0.0353. The normalized spacial score (nSPS) is 16.9. The lowest BCUT2D eigenvalue weighted by Gasteiger charge is -2.46. The molecule has 2 aliphatic rings. The summed E-state index contributed by atoms with van der Waals surface area (Å²) in [6, 6.07) is 9.05. The van der Waals surface area contributed by atoms with Gasteiger partial charge < -0.3 is 10.0 Å². The molecule has 1 N–H and O–H groups in total. The van der Waals surface area contributed by atoms with Crippen molar-refractivity contribution in [2.45, 2.75) is 57.2 Å². The molecule has 4 aromatic heterocycles. The van der Waals surface area contributed by atoms with Crippen LogP contribution in [0.15, 0.2) is 52.9 Å². The summed E-state index contributed by atoms with van der Waals surface area (Å²) in [6.07, 6.45) is 4.74. The van der Waals surface area contributed by atoms with Crippen LogP contribution in [0.1, 0.15) is 47.4 Å². The van der Waals surface area contributed by atoms with E-state index in [1.54, 1.807) is 49.0 Å². The van der Waals surface area contributed by atoms with Crippen molar-refractivity contribution in [1.29, 1.82) is 0 Å². The van der Waals surface area contributed by atoms with Crippen LogP contribution in [-0.2, 0) is 6.54 Å². The van der Waals surface area contributed by atoms with Crippen molar-refractivity contribution in [2.75, 3.05) is 25.0 Å². The van der Waals surface area contributed by atoms with Gasteiger partial charge in [-0.25, -0.2) is 23.5 Å². The molecule has 0 radical (unpaired) electrons. The van der Waals surface area contributed by atoms with Crippen LogP contribution < -0.4 is 10.5 Å². The molecular weight excluding hydrogens is 658 g/mol. The summed E-state index contributed by atoms with van der Waals surface area (Å²) in [7, 11) is 1.95. The number of benzene rings is 1. The summed E-state index contributed by atoms with van der Waals surface area (Å²) in [4.78, 5) is 43.2. The number of nitrogens with zero attached hydrogens (tertiary/aromatic N) is 6. The predicted molar refractivity (Wildman–Crippen MR) is 183 cm³/mol. The number of pyridine rings is 2. The van der Waals surface area contributed by atoms with Gasteiger partial charge in [0, 0.05) is 78.4 Å². The van der Waals surface area contributed by atoms with E-state index in [0.29, 0.717) is 43.3 Å². The van der Waals surface area contributed by atoms with Crippen LogP contribution in [0, 0.1) is 18.8 Å². The zero-order valence-corrected chi connectivity index (χ0v) is 27.8. The van der Waals surface area contributed by atoms with Gasteiger partial charge in [0.15, 0.2) is 0 Å². The van der Waals surface area contributed by atoms with Gasteiger partial charge in [0.2, 0.25) is 0 Å². The van der Waals surface area contributed by atoms with E-state index in [0.717, 1.165) is 37.1 Å². The minimum Gasteiger partial charge on any atom is -0.478 e. The first-order chi connectivity index (χ1) is 23.0. The molecule has 1 saturated heterocycles. The summed E-state index contributed by atoms with van der Waals surface area (Å²) in [5.41, 5.74) is 2.98. The van der Waals surface area contributed by atoms with Crippen LogP contribution in [-0.4, -0.2) is 73.6 Å². The third-order valence-corrected chi connectivity index (χ3v) is 10.7. The lowest BCUT2D eigenvalue weighted by atomic mass is 9.85. The molecule has 48 heavy (non-hydrogen) atoms. The number of likely N-dealkylation sites (tertiary alicyclic amines) is 1. The van der Waals surface area contributed by atoms with Crippen molar-refractivity contribution in [3.05, 3.63) is 80.4 Å². The predicted octanol–water partition coefficient (Wildman–Crippen LogP) is 6.48. The topological polar surface area (TPSA) is 104 Å². The number of aromatic nitrogens is 4. The second-order valence-electron chi connectivity index (χ2n) is 12.4. The van der Waals surface area contributed by atoms with Crippen molar-refractivity contribution in [3.63, 3.8) is 0 Å². The number of hydrogen-bond donors (Lipinski definition) is 1. The zero-order valence-electron chi connectivity index (χ0n) is 26.2. The first-order valence-electron chi connectivity index (χ1n) is 15.6. The molecule has 0 bridgehead atoms. The number of piperidine rings is 1. The van der Waals surface area contributed by atoms with E-state index in [1.807, 2.05) is 13.1 Å². The molecule has 0 amide bonds. The van der Waals surface area contributed by atoms with E-state index < -0.39 is 11.9 Å². The fourth-order valence-corrected chi connectivity index (χ4v) is 7.88. The maximum atomic E-state index is 13.8. The molecular formula is C35H31ClF2N6O3S. The van der Waals surface area contributed by atoms with E-state index in [2.05, 4.69) is 36.6 Å². The Hall–Kier alpha value is -4.44. The number of hydrogen-bond acceptors (Lipinski definition) is 8. The largest absolute Gasteiger partial charge is 0.478 e. The highest BCUT2D eigenvalue weighted by atomic mass is 35.5. The van der Waals surface area contributed by atoms with E-state index in [-0.39, 0.29) is 42.6 Å². The van der Waals surface area contributed by atoms with Crippen LogP contribution in [0.4, 0.5) is 14.6 Å². The number of rotatable bonds is 6. The van der Waals surface area contributed by atoms with Crippen molar-refractivity contribution >= 4 is 55.8 Å². The molecule has 0 atom stereocenters. The Morgan fingerprint density at radius 3 is 2.67 bits per heavy atom. The molecule has 2 fully saturated rings. The Morgan fingerprint density at radius 1 is 1.17 bits per heavy atom. The quantitative estimate of drug-likeness (QED) is 0.202. The Balaban J connectivity index is 1.13. The number of carboxylic acid groups (broad SMARTS) is 1. The molecule has 1 aliphatic carbocycles. The third-order valence-electron chi connectivity index (χ3n) is 9.43. The van der Waals surface area contributed by atoms with Crippen molar-refractivity contribution in [1.82, 2.24) is 24.4 Å². The van der Waals surface area contributed by atoms with Gasteiger partial charge in [0.25, 0.3) is 11.5 Å². The number of aryl methyl sites for hydroxylation is 1. The van der Waals surface area contributed by atoms with Crippen LogP contribution in [0.5, 0.6) is 0 Å². The van der Waals surface area contributed by atoms with Crippen LogP contribution >= 0.6 is 22.9 Å². The number of halogens is 3. The lowest BCUT2D eigenvalue weighted by molar-refractivity contribution is -0.127. The van der Waals surface area contributed by atoms with Gasteiger partial charge in [0.1, 0.15) is 11.6 Å². The number of carbonyl (C=O) groups is 1. The third kappa shape index (κ3) is 6.02. The number of fused-ring (bicyclic) bond motifs is 2. The highest BCUT2D eigenvalue weighted by Crippen LogP contribution is 2.41. The molecule has 246 valence electrons. The summed E-state index contributed by atoms with van der Waals surface area (Å²) in [5, 5.41) is 12.1. The van der Waals surface area contributed by atoms with Gasteiger partial charge in [-0.15, -0.1) is 11.3 Å². The highest BCUT2D eigenvalue weighted by molar-refractivity contribution is 7.18. The second-order valence-corrected chi connectivity index (χ2v) is 13.7. The average molecular weight is 689 g/mol. The number of thiophene rings is 1. The molecule has 9 nitrogen and oxygen atoms in total. The number of anilines is 1. The maximum Gasteiger partial charge on any atom is 0.338 e. The Bertz CT molecular complexity index is 2190. The zero-order chi connectivity index (χ0) is 33.7. The van der Waals surface area contributed by atoms with Gasteiger partial charge in [0.05, 0.1) is 39.4 Å². The van der Waals surface area contributed by atoms with E-state index in [9.17, 15) is 23.5 Å². The van der Waals surface area contributed by atoms with Crippen molar-refractivity contribution < 1.29 is 18.7 Å². The minimum atomic E-state index is -2.52. The Morgan fingerprint density at radius 2 is 1.94 bits per heavy atom. The second kappa shape index (κ2) is 12.5. The van der Waals surface area contributed by atoms with Crippen LogP contribution in [0.25, 0.3) is 32.2 Å². The SMILES string of the molecule is Cc1nc2cnc(N(C)C3CCN(C4CC(F)(F)C4)CC3)cc2c(=O)n1CC#Cc1ccc(Cl)cc1-c1ccnc2c(C(=O)O)csc12. The van der Waals surface area contributed by atoms with Gasteiger partial charge in [-0.1, -0.05) is 23.4 Å². The highest BCUT2D eigenvalue weighted by Gasteiger charge is 2.48. The molecule has 5 aromatic rings. The van der Waals surface area contributed by atoms with E-state index in [4.69, 9.17) is 11.6 Å². The number of carboxylic acids is 1. The summed E-state index contributed by atoms with van der Waals surface area (Å²) >= 11 is 7.67. The lowest BCUT2D eigenvalue weighted by Crippen LogP contribution is -2.55. The summed E-state index contributed by atoms with van der Waals surface area (Å²) in [5.74, 6) is 3.91. The van der Waals surface area contributed by atoms with E-state index in [1.165, 1.54) is 15.9 Å². The molecule has 1 aliphatic heterocycles. The molecule has 13 heteroatoms. The summed E-state index contributed by atoms with van der Waals surface area (Å²) in [6.45, 7) is 3.36. The maximum absolute atomic E-state index is 13.8. The van der Waals surface area contributed by atoms with Crippen LogP contribution in [0.3, 0.4) is 0 Å². The Kier molecular flexibility index (Phi) is 8.39. The van der Waals surface area contributed by atoms with Crippen molar-refractivity contribution in [3.8, 4) is 23.0 Å². The summed E-state index contributed by atoms with van der Waals surface area (Å²) < 4.78 is 29.0. The van der Waals surface area contributed by atoms with Gasteiger partial charge in [-0.2, -0.15) is 0 Å². The molecule has 1 aromatic carbocycles. The fraction of sp³-hybridized carbons (Fsp3) is 0.343. The standard InChI is InChI=1S/C35H31ClF2N6O3S/c1-20-41-29-18-40-30(42(2)23-8-12-43(13-9-23)24-16-35(37,38)17-24)15-27(29)33(45)44(20)11-3-4-21-5-6-22(36)14-26(21)25-7-10-39-31-28(34(46)47)19-48-32(25)31/h5-7,10,14-15,18-19,23-24H,8-9,11-13,16-17H2,1-2H3,(H,46,47). The number of aromatic carboxylic acids is 1. The van der Waals surface area contributed by atoms with Gasteiger partial charge in [-0.3, -0.25) is 19.2 Å². The molecule has 0 spiro atoms. The monoisotopic (exact) mass is 688 g/mol. The fourth-order valence-electron chi connectivity index (χ4n) is 6.68. The van der Waals surface area contributed by atoms with E-state index >= 15 is 0 Å². The average Bonchev–Trinajstić information content (AvgIpc) is 3.50. The molecule has 7 rings (SSSR count). The molecule has 1 saturated carbocycles. The Labute approximate surface area is 283 Å². The van der Waals surface area contributed by atoms with Crippen molar-refractivity contribution in [2.24, 2.45) is 0 Å². The van der Waals surface area contributed by atoms with Gasteiger partial charge in [-0.05, 0) is 50.1 Å². The molecule has 5 heterocycles.